The molecular weight excluding hydrogens is 205 g/mol. The van der Waals surface area contributed by atoms with Crippen LogP contribution in [0.15, 0.2) is 18.2 Å². The topological polar surface area (TPSA) is 28.2 Å². The van der Waals surface area contributed by atoms with Crippen molar-refractivity contribution >= 4 is 5.82 Å². The number of anilines is 1. The molecule has 1 aromatic rings. The molecule has 1 N–H and O–H groups in total. The van der Waals surface area contributed by atoms with Crippen LogP contribution in [0.1, 0.15) is 19.3 Å². The van der Waals surface area contributed by atoms with Crippen molar-refractivity contribution in [1.82, 2.24) is 9.88 Å². The Kier molecular flexibility index (Phi) is 3.72. The van der Waals surface area contributed by atoms with Gasteiger partial charge in [0.15, 0.2) is 0 Å². The van der Waals surface area contributed by atoms with E-state index in [0.29, 0.717) is 11.9 Å². The molecule has 1 aromatic heterocycles. The molecule has 0 aliphatic carbocycles. The second-order valence-electron chi connectivity index (χ2n) is 4.42. The first-order chi connectivity index (χ1) is 7.74. The standard InChI is InChI=1S/C12H18FN3/c1-16-8-3-4-10(7-9-16)14-12-6-2-5-11(13)15-12/h2,5-6,10H,3-4,7-9H2,1H3,(H,14,15). The molecule has 16 heavy (non-hydrogen) atoms. The molecule has 1 aliphatic heterocycles. The van der Waals surface area contributed by atoms with Gasteiger partial charge < -0.3 is 10.2 Å². The van der Waals surface area contributed by atoms with Gasteiger partial charge in [0.1, 0.15) is 5.82 Å². The summed E-state index contributed by atoms with van der Waals surface area (Å²) in [6, 6.07) is 5.29. The number of halogens is 1. The Balaban J connectivity index is 1.93. The van der Waals surface area contributed by atoms with Crippen LogP contribution in [0.25, 0.3) is 0 Å². The van der Waals surface area contributed by atoms with Crippen molar-refractivity contribution in [1.29, 1.82) is 0 Å². The Bertz CT molecular complexity index is 343. The zero-order valence-electron chi connectivity index (χ0n) is 9.62. The molecule has 0 aromatic carbocycles. The van der Waals surface area contributed by atoms with Crippen molar-refractivity contribution in [2.45, 2.75) is 25.3 Å². The SMILES string of the molecule is CN1CCCC(Nc2cccc(F)n2)CC1. The minimum absolute atomic E-state index is 0.416. The zero-order valence-corrected chi connectivity index (χ0v) is 9.62. The normalized spacial score (nSPS) is 22.8. The maximum Gasteiger partial charge on any atom is 0.214 e. The highest BCUT2D eigenvalue weighted by Crippen LogP contribution is 2.14. The number of pyridine rings is 1. The van der Waals surface area contributed by atoms with Crippen LogP contribution in [0.5, 0.6) is 0 Å². The molecule has 2 rings (SSSR count). The van der Waals surface area contributed by atoms with Gasteiger partial charge in [-0.3, -0.25) is 0 Å². The molecule has 0 saturated carbocycles. The van der Waals surface area contributed by atoms with Gasteiger partial charge in [-0.05, 0) is 51.5 Å². The van der Waals surface area contributed by atoms with E-state index >= 15 is 0 Å². The summed E-state index contributed by atoms with van der Waals surface area (Å²) in [5, 5.41) is 3.30. The predicted octanol–water partition coefficient (Wildman–Crippen LogP) is 2.12. The average Bonchev–Trinajstić information content (AvgIpc) is 2.44. The fourth-order valence-electron chi connectivity index (χ4n) is 2.08. The van der Waals surface area contributed by atoms with Gasteiger partial charge in [0.2, 0.25) is 5.95 Å². The molecule has 1 fully saturated rings. The van der Waals surface area contributed by atoms with Crippen LogP contribution < -0.4 is 5.32 Å². The van der Waals surface area contributed by atoms with Crippen molar-refractivity contribution in [3.63, 3.8) is 0 Å². The van der Waals surface area contributed by atoms with Crippen LogP contribution >= 0.6 is 0 Å². The molecule has 0 spiro atoms. The summed E-state index contributed by atoms with van der Waals surface area (Å²) < 4.78 is 12.9. The highest BCUT2D eigenvalue weighted by molar-refractivity contribution is 5.34. The number of likely N-dealkylation sites (tertiary alicyclic amines) is 1. The van der Waals surface area contributed by atoms with Crippen LogP contribution in [-0.4, -0.2) is 36.1 Å². The number of nitrogens with zero attached hydrogens (tertiary/aromatic N) is 2. The summed E-state index contributed by atoms with van der Waals surface area (Å²) >= 11 is 0. The molecule has 2 heterocycles. The van der Waals surface area contributed by atoms with Gasteiger partial charge in [0.25, 0.3) is 0 Å². The Morgan fingerprint density at radius 3 is 3.06 bits per heavy atom. The van der Waals surface area contributed by atoms with E-state index in [9.17, 15) is 4.39 Å². The molecular formula is C12H18FN3. The fourth-order valence-corrected chi connectivity index (χ4v) is 2.08. The third-order valence-electron chi connectivity index (χ3n) is 3.02. The van der Waals surface area contributed by atoms with E-state index in [4.69, 9.17) is 0 Å². The molecule has 1 aliphatic rings. The molecule has 88 valence electrons. The minimum atomic E-state index is -0.421. The van der Waals surface area contributed by atoms with Crippen LogP contribution in [-0.2, 0) is 0 Å². The number of hydrogen-bond donors (Lipinski definition) is 1. The molecule has 4 heteroatoms. The molecule has 1 saturated heterocycles. The largest absolute Gasteiger partial charge is 0.367 e. The molecule has 0 radical (unpaired) electrons. The van der Waals surface area contributed by atoms with Gasteiger partial charge in [-0.1, -0.05) is 6.07 Å². The van der Waals surface area contributed by atoms with Gasteiger partial charge >= 0.3 is 0 Å². The molecule has 0 amide bonds. The summed E-state index contributed by atoms with van der Waals surface area (Å²) in [7, 11) is 2.14. The second kappa shape index (κ2) is 5.25. The lowest BCUT2D eigenvalue weighted by Gasteiger charge is -2.17. The maximum absolute atomic E-state index is 12.9. The monoisotopic (exact) mass is 223 g/mol. The number of aromatic nitrogens is 1. The van der Waals surface area contributed by atoms with Crippen molar-refractivity contribution in [2.24, 2.45) is 0 Å². The smallest absolute Gasteiger partial charge is 0.214 e. The van der Waals surface area contributed by atoms with Crippen molar-refractivity contribution in [3.05, 3.63) is 24.1 Å². The lowest BCUT2D eigenvalue weighted by atomic mass is 10.1. The molecule has 1 atom stereocenters. The second-order valence-corrected chi connectivity index (χ2v) is 4.42. The van der Waals surface area contributed by atoms with E-state index in [0.717, 1.165) is 25.9 Å². The summed E-state index contributed by atoms with van der Waals surface area (Å²) in [6.45, 7) is 2.24. The summed E-state index contributed by atoms with van der Waals surface area (Å²) in [4.78, 5) is 6.16. The fraction of sp³-hybridized carbons (Fsp3) is 0.583. The first-order valence-electron chi connectivity index (χ1n) is 5.82. The zero-order chi connectivity index (χ0) is 11.4. The number of hydrogen-bond acceptors (Lipinski definition) is 3. The number of nitrogens with one attached hydrogen (secondary N) is 1. The lowest BCUT2D eigenvalue weighted by Crippen LogP contribution is -2.23. The van der Waals surface area contributed by atoms with E-state index in [1.807, 2.05) is 6.07 Å². The van der Waals surface area contributed by atoms with Crippen LogP contribution in [0.2, 0.25) is 0 Å². The molecule has 3 nitrogen and oxygen atoms in total. The Morgan fingerprint density at radius 2 is 2.25 bits per heavy atom. The quantitative estimate of drug-likeness (QED) is 0.778. The third kappa shape index (κ3) is 3.17. The minimum Gasteiger partial charge on any atom is -0.367 e. The van der Waals surface area contributed by atoms with Crippen LogP contribution in [0.3, 0.4) is 0 Å². The first kappa shape index (κ1) is 11.3. The lowest BCUT2D eigenvalue weighted by molar-refractivity contribution is 0.348. The first-order valence-corrected chi connectivity index (χ1v) is 5.82. The predicted molar refractivity (Wildman–Crippen MR) is 63.0 cm³/mol. The Morgan fingerprint density at radius 1 is 1.38 bits per heavy atom. The van der Waals surface area contributed by atoms with E-state index in [-0.39, 0.29) is 0 Å². The van der Waals surface area contributed by atoms with Gasteiger partial charge in [0.05, 0.1) is 0 Å². The summed E-state index contributed by atoms with van der Waals surface area (Å²) in [5.74, 6) is 0.227. The highest BCUT2D eigenvalue weighted by Gasteiger charge is 2.14. The van der Waals surface area contributed by atoms with E-state index in [2.05, 4.69) is 22.2 Å². The summed E-state index contributed by atoms with van der Waals surface area (Å²) in [5.41, 5.74) is 0. The van der Waals surface area contributed by atoms with E-state index in [1.165, 1.54) is 12.5 Å². The third-order valence-corrected chi connectivity index (χ3v) is 3.02. The van der Waals surface area contributed by atoms with Crippen LogP contribution in [0.4, 0.5) is 10.2 Å². The van der Waals surface area contributed by atoms with Gasteiger partial charge in [0, 0.05) is 6.04 Å². The van der Waals surface area contributed by atoms with Gasteiger partial charge in [-0.15, -0.1) is 0 Å². The summed E-state index contributed by atoms with van der Waals surface area (Å²) in [6.07, 6.45) is 3.40. The van der Waals surface area contributed by atoms with Crippen LogP contribution in [0, 0.1) is 5.95 Å². The maximum atomic E-state index is 12.9. The van der Waals surface area contributed by atoms with Gasteiger partial charge in [-0.25, -0.2) is 4.98 Å². The van der Waals surface area contributed by atoms with Crippen molar-refractivity contribution < 1.29 is 4.39 Å². The molecule has 0 bridgehead atoms. The highest BCUT2D eigenvalue weighted by atomic mass is 19.1. The van der Waals surface area contributed by atoms with E-state index < -0.39 is 5.95 Å². The average molecular weight is 223 g/mol. The van der Waals surface area contributed by atoms with Crippen molar-refractivity contribution in [2.75, 3.05) is 25.5 Å². The Labute approximate surface area is 95.7 Å². The van der Waals surface area contributed by atoms with Gasteiger partial charge in [-0.2, -0.15) is 4.39 Å². The Hall–Kier alpha value is -1.16. The molecule has 1 unspecified atom stereocenters. The van der Waals surface area contributed by atoms with Crippen molar-refractivity contribution in [3.8, 4) is 0 Å². The number of rotatable bonds is 2. The van der Waals surface area contributed by atoms with E-state index in [1.54, 1.807) is 6.07 Å².